The molecule has 17 heavy (non-hydrogen) atoms. The summed E-state index contributed by atoms with van der Waals surface area (Å²) in [5.74, 6) is 0.218. The molecule has 4 heteroatoms. The number of carbonyl (C=O) groups excluding carboxylic acids is 1. The van der Waals surface area contributed by atoms with Crippen molar-refractivity contribution in [1.82, 2.24) is 10.2 Å². The summed E-state index contributed by atoms with van der Waals surface area (Å²) in [6.45, 7) is 1.87. The molecular formula is C13H16N2O2. The number of fused-ring (bicyclic) bond motifs is 2. The van der Waals surface area contributed by atoms with E-state index >= 15 is 0 Å². The summed E-state index contributed by atoms with van der Waals surface area (Å²) in [6.07, 6.45) is 4.50. The zero-order valence-electron chi connectivity index (χ0n) is 9.93. The molecule has 0 aliphatic carbocycles. The molecule has 1 aromatic rings. The van der Waals surface area contributed by atoms with E-state index in [1.165, 1.54) is 0 Å². The zero-order valence-corrected chi connectivity index (χ0v) is 9.93. The maximum Gasteiger partial charge on any atom is 0.186 e. The van der Waals surface area contributed by atoms with Crippen LogP contribution >= 0.6 is 0 Å². The summed E-state index contributed by atoms with van der Waals surface area (Å²) in [5.41, 5.74) is 1.34. The number of aromatic nitrogens is 2. The first-order chi connectivity index (χ1) is 8.22. The van der Waals surface area contributed by atoms with Crippen LogP contribution < -0.4 is 0 Å². The van der Waals surface area contributed by atoms with Crippen molar-refractivity contribution in [3.8, 4) is 0 Å². The van der Waals surface area contributed by atoms with Crippen LogP contribution in [0, 0.1) is 12.8 Å². The zero-order chi connectivity index (χ0) is 11.8. The van der Waals surface area contributed by atoms with Crippen molar-refractivity contribution in [3.05, 3.63) is 23.5 Å². The number of nitrogens with zero attached hydrogens (tertiary/aromatic N) is 2. The third-order valence-corrected chi connectivity index (χ3v) is 3.71. The third-order valence-electron chi connectivity index (χ3n) is 3.71. The number of rotatable bonds is 2. The lowest BCUT2D eigenvalue weighted by Crippen LogP contribution is -2.30. The van der Waals surface area contributed by atoms with Crippen LogP contribution in [0.2, 0.25) is 0 Å². The fourth-order valence-corrected chi connectivity index (χ4v) is 2.81. The van der Waals surface area contributed by atoms with E-state index in [1.807, 2.05) is 13.0 Å². The first-order valence-corrected chi connectivity index (χ1v) is 6.22. The predicted molar refractivity (Wildman–Crippen MR) is 61.7 cm³/mol. The molecule has 2 unspecified atom stereocenters. The summed E-state index contributed by atoms with van der Waals surface area (Å²) in [7, 11) is 0. The van der Waals surface area contributed by atoms with E-state index < -0.39 is 0 Å². The molecule has 2 atom stereocenters. The fourth-order valence-electron chi connectivity index (χ4n) is 2.81. The average Bonchev–Trinajstić information content (AvgIpc) is 2.68. The molecule has 2 bridgehead atoms. The Morgan fingerprint density at radius 2 is 1.94 bits per heavy atom. The molecule has 0 N–H and O–H groups in total. The Kier molecular flexibility index (Phi) is 2.67. The molecular weight excluding hydrogens is 216 g/mol. The van der Waals surface area contributed by atoms with Gasteiger partial charge in [-0.15, -0.1) is 5.10 Å². The van der Waals surface area contributed by atoms with Crippen LogP contribution in [0.15, 0.2) is 12.1 Å². The lowest BCUT2D eigenvalue weighted by atomic mass is 9.90. The Bertz CT molecular complexity index is 418. The topological polar surface area (TPSA) is 52.1 Å². The van der Waals surface area contributed by atoms with E-state index in [1.54, 1.807) is 6.07 Å². The lowest BCUT2D eigenvalue weighted by Gasteiger charge is -2.26. The van der Waals surface area contributed by atoms with Gasteiger partial charge in [0.1, 0.15) is 5.69 Å². The van der Waals surface area contributed by atoms with Crippen molar-refractivity contribution in [1.29, 1.82) is 0 Å². The number of hydrogen-bond donors (Lipinski definition) is 0. The van der Waals surface area contributed by atoms with Gasteiger partial charge in [-0.05, 0) is 44.7 Å². The minimum Gasteiger partial charge on any atom is -0.375 e. The van der Waals surface area contributed by atoms with Gasteiger partial charge in [0, 0.05) is 5.92 Å². The number of Topliss-reactive ketones (excluding diaryl/α,β-unsaturated/α-hetero) is 1. The van der Waals surface area contributed by atoms with Crippen molar-refractivity contribution < 1.29 is 9.53 Å². The Morgan fingerprint density at radius 3 is 2.53 bits per heavy atom. The van der Waals surface area contributed by atoms with Gasteiger partial charge in [-0.25, -0.2) is 0 Å². The van der Waals surface area contributed by atoms with Gasteiger partial charge in [0.15, 0.2) is 5.78 Å². The third kappa shape index (κ3) is 2.09. The van der Waals surface area contributed by atoms with Gasteiger partial charge in [-0.1, -0.05) is 0 Å². The van der Waals surface area contributed by atoms with Crippen LogP contribution in [0.5, 0.6) is 0 Å². The predicted octanol–water partition coefficient (Wildman–Crippen LogP) is 1.93. The maximum absolute atomic E-state index is 12.3. The second-order valence-corrected chi connectivity index (χ2v) is 5.05. The number of ether oxygens (including phenoxy) is 1. The van der Waals surface area contributed by atoms with Crippen molar-refractivity contribution >= 4 is 5.78 Å². The monoisotopic (exact) mass is 232 g/mol. The Balaban J connectivity index is 1.76. The lowest BCUT2D eigenvalue weighted by molar-refractivity contribution is -0.0150. The van der Waals surface area contributed by atoms with Gasteiger partial charge >= 0.3 is 0 Å². The first kappa shape index (κ1) is 10.8. The minimum absolute atomic E-state index is 0.0817. The Labute approximate surface area is 100 Å². The van der Waals surface area contributed by atoms with Gasteiger partial charge in [0.05, 0.1) is 17.9 Å². The highest BCUT2D eigenvalue weighted by Crippen LogP contribution is 2.36. The van der Waals surface area contributed by atoms with Gasteiger partial charge in [-0.3, -0.25) is 4.79 Å². The highest BCUT2D eigenvalue weighted by Gasteiger charge is 2.38. The van der Waals surface area contributed by atoms with Crippen LogP contribution in [0.3, 0.4) is 0 Å². The summed E-state index contributed by atoms with van der Waals surface area (Å²) in [4.78, 5) is 12.3. The van der Waals surface area contributed by atoms with Crippen molar-refractivity contribution in [3.63, 3.8) is 0 Å². The minimum atomic E-state index is 0.0817. The van der Waals surface area contributed by atoms with Crippen LogP contribution in [-0.4, -0.2) is 28.2 Å². The van der Waals surface area contributed by atoms with E-state index in [0.29, 0.717) is 17.9 Å². The van der Waals surface area contributed by atoms with Gasteiger partial charge in [0.25, 0.3) is 0 Å². The highest BCUT2D eigenvalue weighted by molar-refractivity contribution is 5.96. The fraction of sp³-hybridized carbons (Fsp3) is 0.615. The molecule has 3 rings (SSSR count). The van der Waals surface area contributed by atoms with Crippen molar-refractivity contribution in [2.45, 2.75) is 44.8 Å². The second-order valence-electron chi connectivity index (χ2n) is 5.05. The van der Waals surface area contributed by atoms with Crippen LogP contribution in [-0.2, 0) is 4.74 Å². The Hall–Kier alpha value is -1.29. The molecule has 0 radical (unpaired) electrons. The van der Waals surface area contributed by atoms with Gasteiger partial charge in [-0.2, -0.15) is 5.10 Å². The first-order valence-electron chi connectivity index (χ1n) is 6.22. The number of ketones is 1. The van der Waals surface area contributed by atoms with Crippen LogP contribution in [0.1, 0.15) is 41.9 Å². The molecule has 2 saturated heterocycles. The number of aryl methyl sites for hydroxylation is 1. The van der Waals surface area contributed by atoms with E-state index in [0.717, 1.165) is 31.4 Å². The quantitative estimate of drug-likeness (QED) is 0.731. The van der Waals surface area contributed by atoms with Crippen molar-refractivity contribution in [2.75, 3.05) is 0 Å². The normalized spacial score (nSPS) is 31.5. The highest BCUT2D eigenvalue weighted by atomic mass is 16.5. The van der Waals surface area contributed by atoms with E-state index in [-0.39, 0.29) is 11.7 Å². The standard InChI is InChI=1S/C13H16N2O2/c1-8-2-5-12(15-14-8)13(16)9-6-10-3-4-11(7-9)17-10/h2,5,9-11H,3-4,6-7H2,1H3. The SMILES string of the molecule is Cc1ccc(C(=O)C2CC3CCC(C2)O3)nn1. The molecule has 0 amide bonds. The summed E-state index contributed by atoms with van der Waals surface area (Å²) in [6, 6.07) is 3.62. The molecule has 4 nitrogen and oxygen atoms in total. The van der Waals surface area contributed by atoms with Crippen LogP contribution in [0.25, 0.3) is 0 Å². The smallest absolute Gasteiger partial charge is 0.186 e. The van der Waals surface area contributed by atoms with E-state index in [9.17, 15) is 4.79 Å². The van der Waals surface area contributed by atoms with E-state index in [4.69, 9.17) is 4.74 Å². The summed E-state index contributed by atoms with van der Waals surface area (Å²) in [5, 5.41) is 7.93. The van der Waals surface area contributed by atoms with Crippen LogP contribution in [0.4, 0.5) is 0 Å². The summed E-state index contributed by atoms with van der Waals surface area (Å²) < 4.78 is 5.74. The largest absolute Gasteiger partial charge is 0.375 e. The molecule has 90 valence electrons. The maximum atomic E-state index is 12.3. The number of hydrogen-bond acceptors (Lipinski definition) is 4. The Morgan fingerprint density at radius 1 is 1.24 bits per heavy atom. The summed E-state index contributed by atoms with van der Waals surface area (Å²) >= 11 is 0. The molecule has 1 aromatic heterocycles. The average molecular weight is 232 g/mol. The van der Waals surface area contributed by atoms with E-state index in [2.05, 4.69) is 10.2 Å². The molecule has 0 aromatic carbocycles. The molecule has 2 aliphatic heterocycles. The molecule has 0 spiro atoms. The van der Waals surface area contributed by atoms with Crippen molar-refractivity contribution in [2.24, 2.45) is 5.92 Å². The molecule has 3 heterocycles. The number of carbonyl (C=O) groups is 1. The molecule has 0 saturated carbocycles. The molecule has 2 fully saturated rings. The second kappa shape index (κ2) is 4.18. The van der Waals surface area contributed by atoms with Gasteiger partial charge < -0.3 is 4.74 Å². The molecule has 2 aliphatic rings. The van der Waals surface area contributed by atoms with Gasteiger partial charge in [0.2, 0.25) is 0 Å².